The number of carbonyl (C=O) groups excluding carboxylic acids is 2. The highest BCUT2D eigenvalue weighted by atomic mass is 16.5. The third-order valence-electron chi connectivity index (χ3n) is 4.70. The minimum atomic E-state index is -0.518. The van der Waals surface area contributed by atoms with Crippen molar-refractivity contribution in [3.05, 3.63) is 17.7 Å². The molecule has 136 valence electrons. The van der Waals surface area contributed by atoms with Crippen LogP contribution in [0.15, 0.2) is 12.1 Å². The minimum Gasteiger partial charge on any atom is -0.497 e. The molecule has 3 atom stereocenters. The Bertz CT molecular complexity index is 678. The van der Waals surface area contributed by atoms with Crippen molar-refractivity contribution in [1.29, 1.82) is 0 Å². The number of fused-ring (bicyclic) bond motifs is 1. The number of hydrogen-bond acceptors (Lipinski definition) is 7. The lowest BCUT2D eigenvalue weighted by atomic mass is 9.77. The second kappa shape index (κ2) is 7.28. The normalized spacial score (nSPS) is 25.1. The average Bonchev–Trinajstić information content (AvgIpc) is 3.09. The predicted molar refractivity (Wildman–Crippen MR) is 90.6 cm³/mol. The second-order valence-electron chi connectivity index (χ2n) is 6.07. The van der Waals surface area contributed by atoms with Crippen molar-refractivity contribution >= 4 is 17.6 Å². The van der Waals surface area contributed by atoms with Gasteiger partial charge in [0.15, 0.2) is 0 Å². The molecule has 3 N–H and O–H groups in total. The lowest BCUT2D eigenvalue weighted by Crippen LogP contribution is -2.42. The van der Waals surface area contributed by atoms with Crippen LogP contribution in [0.4, 0.5) is 5.69 Å². The molecule has 0 spiro atoms. The van der Waals surface area contributed by atoms with E-state index in [9.17, 15) is 9.59 Å². The van der Waals surface area contributed by atoms with E-state index in [2.05, 4.69) is 16.2 Å². The molecule has 1 amide bonds. The number of carbonyl (C=O) groups is 2. The quantitative estimate of drug-likeness (QED) is 0.676. The Kier molecular flexibility index (Phi) is 5.10. The summed E-state index contributed by atoms with van der Waals surface area (Å²) in [5, 5.41) is 2.88. The summed E-state index contributed by atoms with van der Waals surface area (Å²) in [6.45, 7) is 2.63. The smallest absolute Gasteiger partial charge is 0.324 e. The van der Waals surface area contributed by atoms with E-state index in [1.807, 2.05) is 0 Å². The van der Waals surface area contributed by atoms with Gasteiger partial charge in [-0.1, -0.05) is 0 Å². The number of hydrazine groups is 1. The van der Waals surface area contributed by atoms with Crippen LogP contribution in [0.3, 0.4) is 0 Å². The summed E-state index contributed by atoms with van der Waals surface area (Å²) in [6.07, 6.45) is 0.277. The van der Waals surface area contributed by atoms with Crippen LogP contribution < -0.4 is 25.6 Å². The van der Waals surface area contributed by atoms with E-state index in [0.717, 1.165) is 5.56 Å². The molecule has 0 radical (unpaired) electrons. The number of anilines is 1. The standard InChI is InChI=1S/C17H23N3O5/c1-4-25-17(22)16-11(8-18-20-16)10-7-14(21)19-12-5-9(23-2)6-13(24-3)15(10)12/h5-6,10-11,16,18,20H,4,7-8H2,1-3H3,(H,19,21). The molecule has 2 aliphatic heterocycles. The van der Waals surface area contributed by atoms with Gasteiger partial charge in [-0.3, -0.25) is 15.0 Å². The second-order valence-corrected chi connectivity index (χ2v) is 6.07. The van der Waals surface area contributed by atoms with Crippen LogP contribution in [-0.4, -0.2) is 45.3 Å². The summed E-state index contributed by atoms with van der Waals surface area (Å²) in [7, 11) is 3.14. The average molecular weight is 349 g/mol. The van der Waals surface area contributed by atoms with Crippen molar-refractivity contribution in [2.24, 2.45) is 5.92 Å². The molecule has 1 aromatic carbocycles. The molecule has 25 heavy (non-hydrogen) atoms. The van der Waals surface area contributed by atoms with Crippen LogP contribution >= 0.6 is 0 Å². The van der Waals surface area contributed by atoms with E-state index in [0.29, 0.717) is 30.3 Å². The van der Waals surface area contributed by atoms with E-state index in [4.69, 9.17) is 14.2 Å². The van der Waals surface area contributed by atoms with Crippen LogP contribution in [0.2, 0.25) is 0 Å². The first-order valence-electron chi connectivity index (χ1n) is 8.29. The molecule has 2 aliphatic rings. The third-order valence-corrected chi connectivity index (χ3v) is 4.70. The van der Waals surface area contributed by atoms with Gasteiger partial charge in [0, 0.05) is 42.5 Å². The van der Waals surface area contributed by atoms with E-state index in [1.165, 1.54) is 0 Å². The van der Waals surface area contributed by atoms with Crippen molar-refractivity contribution < 1.29 is 23.8 Å². The van der Waals surface area contributed by atoms with Crippen LogP contribution in [0.1, 0.15) is 24.8 Å². The molecule has 1 aromatic rings. The summed E-state index contributed by atoms with van der Waals surface area (Å²) in [4.78, 5) is 24.5. The molecule has 2 heterocycles. The molecule has 0 saturated carbocycles. The summed E-state index contributed by atoms with van der Waals surface area (Å²) >= 11 is 0. The Labute approximate surface area is 146 Å². The predicted octanol–water partition coefficient (Wildman–Crippen LogP) is 0.785. The maximum Gasteiger partial charge on any atom is 0.324 e. The van der Waals surface area contributed by atoms with E-state index in [-0.39, 0.29) is 30.1 Å². The molecule has 0 bridgehead atoms. The van der Waals surface area contributed by atoms with Gasteiger partial charge in [-0.15, -0.1) is 0 Å². The number of amides is 1. The molecule has 1 saturated heterocycles. The Hall–Kier alpha value is -2.32. The largest absolute Gasteiger partial charge is 0.497 e. The van der Waals surface area contributed by atoms with Crippen molar-refractivity contribution in [2.75, 3.05) is 32.7 Å². The maximum absolute atomic E-state index is 12.3. The Morgan fingerprint density at radius 2 is 2.08 bits per heavy atom. The van der Waals surface area contributed by atoms with Crippen molar-refractivity contribution in [2.45, 2.75) is 25.3 Å². The van der Waals surface area contributed by atoms with Crippen LogP contribution in [0.25, 0.3) is 0 Å². The van der Waals surface area contributed by atoms with Gasteiger partial charge in [-0.05, 0) is 6.92 Å². The highest BCUT2D eigenvalue weighted by Crippen LogP contribution is 2.46. The number of nitrogens with one attached hydrogen (secondary N) is 3. The SMILES string of the molecule is CCOC(=O)C1NNCC1C1CC(=O)Nc2cc(OC)cc(OC)c21. The highest BCUT2D eigenvalue weighted by molar-refractivity contribution is 5.96. The summed E-state index contributed by atoms with van der Waals surface area (Å²) < 4.78 is 16.0. The van der Waals surface area contributed by atoms with Crippen LogP contribution in [-0.2, 0) is 14.3 Å². The van der Waals surface area contributed by atoms with Gasteiger partial charge in [0.05, 0.1) is 26.5 Å². The molecular formula is C17H23N3O5. The number of methoxy groups -OCH3 is 2. The molecule has 8 heteroatoms. The lowest BCUT2D eigenvalue weighted by Gasteiger charge is -2.33. The molecule has 3 unspecified atom stereocenters. The minimum absolute atomic E-state index is 0.0951. The van der Waals surface area contributed by atoms with Crippen LogP contribution in [0.5, 0.6) is 11.5 Å². The molecular weight excluding hydrogens is 326 g/mol. The van der Waals surface area contributed by atoms with Gasteiger partial charge in [0.25, 0.3) is 0 Å². The first kappa shape index (κ1) is 17.5. The maximum atomic E-state index is 12.3. The zero-order chi connectivity index (χ0) is 18.0. The number of benzene rings is 1. The topological polar surface area (TPSA) is 97.9 Å². The fraction of sp³-hybridized carbons (Fsp3) is 0.529. The highest BCUT2D eigenvalue weighted by Gasteiger charge is 2.43. The molecule has 8 nitrogen and oxygen atoms in total. The van der Waals surface area contributed by atoms with E-state index < -0.39 is 6.04 Å². The van der Waals surface area contributed by atoms with Gasteiger partial charge >= 0.3 is 5.97 Å². The Balaban J connectivity index is 2.01. The molecule has 3 rings (SSSR count). The number of ether oxygens (including phenoxy) is 3. The Morgan fingerprint density at radius 1 is 1.28 bits per heavy atom. The van der Waals surface area contributed by atoms with Gasteiger partial charge in [-0.2, -0.15) is 0 Å². The van der Waals surface area contributed by atoms with E-state index >= 15 is 0 Å². The molecule has 0 aliphatic carbocycles. The fourth-order valence-corrected chi connectivity index (χ4v) is 3.59. The van der Waals surface area contributed by atoms with Crippen molar-refractivity contribution in [3.63, 3.8) is 0 Å². The number of esters is 1. The van der Waals surface area contributed by atoms with Gasteiger partial charge < -0.3 is 19.5 Å². The zero-order valence-electron chi connectivity index (χ0n) is 14.5. The van der Waals surface area contributed by atoms with Crippen molar-refractivity contribution in [1.82, 2.24) is 10.9 Å². The van der Waals surface area contributed by atoms with E-state index in [1.54, 1.807) is 33.3 Å². The number of hydrogen-bond donors (Lipinski definition) is 3. The van der Waals surface area contributed by atoms with Gasteiger partial charge in [0.2, 0.25) is 5.91 Å². The zero-order valence-corrected chi connectivity index (χ0v) is 14.5. The van der Waals surface area contributed by atoms with Gasteiger partial charge in [-0.25, -0.2) is 5.43 Å². The number of rotatable bonds is 5. The fourth-order valence-electron chi connectivity index (χ4n) is 3.59. The summed E-state index contributed by atoms with van der Waals surface area (Å²) in [6, 6.07) is 3.05. The Morgan fingerprint density at radius 3 is 2.76 bits per heavy atom. The first-order valence-corrected chi connectivity index (χ1v) is 8.29. The monoisotopic (exact) mass is 349 g/mol. The third kappa shape index (κ3) is 3.27. The van der Waals surface area contributed by atoms with Gasteiger partial charge in [0.1, 0.15) is 17.5 Å². The summed E-state index contributed by atoms with van der Waals surface area (Å²) in [5.74, 6) is 0.502. The lowest BCUT2D eigenvalue weighted by molar-refractivity contribution is -0.146. The molecule has 0 aromatic heterocycles. The van der Waals surface area contributed by atoms with Crippen LogP contribution in [0, 0.1) is 5.92 Å². The van der Waals surface area contributed by atoms with Crippen molar-refractivity contribution in [3.8, 4) is 11.5 Å². The summed E-state index contributed by atoms with van der Waals surface area (Å²) in [5.41, 5.74) is 7.53. The molecule has 1 fully saturated rings. The first-order chi connectivity index (χ1) is 12.1.